The molecule has 0 saturated carbocycles. The highest BCUT2D eigenvalue weighted by Crippen LogP contribution is 2.32. The van der Waals surface area contributed by atoms with Crippen LogP contribution in [0.25, 0.3) is 0 Å². The van der Waals surface area contributed by atoms with Gasteiger partial charge in [0.1, 0.15) is 6.10 Å². The van der Waals surface area contributed by atoms with Crippen molar-refractivity contribution in [3.63, 3.8) is 0 Å². The zero-order valence-electron chi connectivity index (χ0n) is 9.70. The molecule has 2 unspecified atom stereocenters. The normalized spacial score (nSPS) is 33.7. The molecule has 2 atom stereocenters. The van der Waals surface area contributed by atoms with E-state index in [-0.39, 0.29) is 6.04 Å². The Hall–Kier alpha value is -0.750. The van der Waals surface area contributed by atoms with Gasteiger partial charge in [-0.15, -0.1) is 0 Å². The van der Waals surface area contributed by atoms with E-state index in [1.54, 1.807) is 0 Å². The fraction of sp³-hybridized carbons (Fsp3) is 0.909. The molecule has 6 heteroatoms. The van der Waals surface area contributed by atoms with Crippen LogP contribution in [0.4, 0.5) is 8.78 Å². The molecule has 0 aliphatic carbocycles. The molecule has 4 nitrogen and oxygen atoms in total. The number of nitrogens with zero attached hydrogens (tertiary/aromatic N) is 1. The van der Waals surface area contributed by atoms with E-state index in [9.17, 15) is 13.6 Å². The number of piperidine rings is 1. The smallest absolute Gasteiger partial charge is 0.377 e. The van der Waals surface area contributed by atoms with Gasteiger partial charge in [0.25, 0.3) is 0 Å². The largest absolute Gasteiger partial charge is 0.456 e. The summed E-state index contributed by atoms with van der Waals surface area (Å²) in [5, 5.41) is 0. The summed E-state index contributed by atoms with van der Waals surface area (Å²) in [6.07, 6.45) is 1.98. The Bertz CT molecular complexity index is 299. The molecule has 2 saturated heterocycles. The molecule has 0 aromatic rings. The molecular weight excluding hydrogens is 230 g/mol. The second-order valence-corrected chi connectivity index (χ2v) is 4.82. The number of hydrogen-bond donors (Lipinski definition) is 1. The predicted molar refractivity (Wildman–Crippen MR) is 57.7 cm³/mol. The molecule has 0 radical (unpaired) electrons. The van der Waals surface area contributed by atoms with E-state index in [0.717, 1.165) is 25.8 Å². The van der Waals surface area contributed by atoms with E-state index in [0.29, 0.717) is 13.1 Å². The van der Waals surface area contributed by atoms with Crippen LogP contribution in [0.15, 0.2) is 0 Å². The Balaban J connectivity index is 1.90. The number of ether oxygens (including phenoxy) is 1. The van der Waals surface area contributed by atoms with Gasteiger partial charge in [0.05, 0.1) is 6.42 Å². The van der Waals surface area contributed by atoms with Crippen molar-refractivity contribution in [1.29, 1.82) is 0 Å². The number of carbonyl (C=O) groups excluding carboxylic acids is 1. The lowest BCUT2D eigenvalue weighted by Crippen LogP contribution is -2.47. The predicted octanol–water partition coefficient (Wildman–Crippen LogP) is 0.750. The van der Waals surface area contributed by atoms with Crippen LogP contribution in [0.5, 0.6) is 0 Å². The zero-order chi connectivity index (χ0) is 12.5. The average Bonchev–Trinajstić information content (AvgIpc) is 2.53. The SMILES string of the molecule is NCC1CCCCN1CC1CC(F)(F)C(=O)O1. The third kappa shape index (κ3) is 2.74. The summed E-state index contributed by atoms with van der Waals surface area (Å²) in [6, 6.07) is 0.233. The van der Waals surface area contributed by atoms with Gasteiger partial charge in [-0.25, -0.2) is 4.79 Å². The first-order chi connectivity index (χ1) is 8.03. The summed E-state index contributed by atoms with van der Waals surface area (Å²) < 4.78 is 30.7. The molecule has 0 bridgehead atoms. The fourth-order valence-corrected chi connectivity index (χ4v) is 2.58. The quantitative estimate of drug-likeness (QED) is 0.749. The number of nitrogens with two attached hydrogens (primary N) is 1. The molecule has 2 heterocycles. The standard InChI is InChI=1S/C11H18F2N2O2/c12-11(13)5-9(17-10(11)16)7-15-4-2-1-3-8(15)6-14/h8-9H,1-7,14H2. The topological polar surface area (TPSA) is 55.6 Å². The highest BCUT2D eigenvalue weighted by molar-refractivity contribution is 5.79. The number of likely N-dealkylation sites (tertiary alicyclic amines) is 1. The summed E-state index contributed by atoms with van der Waals surface area (Å²) in [7, 11) is 0. The van der Waals surface area contributed by atoms with Crippen molar-refractivity contribution in [3.05, 3.63) is 0 Å². The minimum absolute atomic E-state index is 0.233. The molecule has 0 spiro atoms. The number of alkyl halides is 2. The Morgan fingerprint density at radius 2 is 2.24 bits per heavy atom. The lowest BCUT2D eigenvalue weighted by atomic mass is 10.0. The highest BCUT2D eigenvalue weighted by atomic mass is 19.3. The van der Waals surface area contributed by atoms with Gasteiger partial charge >= 0.3 is 11.9 Å². The molecule has 2 N–H and O–H groups in total. The van der Waals surface area contributed by atoms with Gasteiger partial charge in [-0.1, -0.05) is 6.42 Å². The summed E-state index contributed by atoms with van der Waals surface area (Å²) in [5.74, 6) is -4.69. The van der Waals surface area contributed by atoms with Gasteiger partial charge in [0.2, 0.25) is 0 Å². The van der Waals surface area contributed by atoms with Crippen molar-refractivity contribution in [1.82, 2.24) is 4.90 Å². The molecule has 2 fully saturated rings. The maximum atomic E-state index is 13.0. The van der Waals surface area contributed by atoms with Crippen LogP contribution in [-0.2, 0) is 9.53 Å². The summed E-state index contributed by atoms with van der Waals surface area (Å²) in [6.45, 7) is 1.75. The van der Waals surface area contributed by atoms with Crippen molar-refractivity contribution in [2.24, 2.45) is 5.73 Å². The van der Waals surface area contributed by atoms with E-state index in [1.807, 2.05) is 0 Å². The van der Waals surface area contributed by atoms with Gasteiger partial charge < -0.3 is 10.5 Å². The van der Waals surface area contributed by atoms with Crippen LogP contribution in [0, 0.1) is 0 Å². The van der Waals surface area contributed by atoms with Crippen LogP contribution >= 0.6 is 0 Å². The Kier molecular flexibility index (Phi) is 3.63. The maximum absolute atomic E-state index is 13.0. The van der Waals surface area contributed by atoms with Crippen molar-refractivity contribution in [3.8, 4) is 0 Å². The summed E-state index contributed by atoms with van der Waals surface area (Å²) >= 11 is 0. The molecule has 17 heavy (non-hydrogen) atoms. The summed E-state index contributed by atoms with van der Waals surface area (Å²) in [5.41, 5.74) is 5.65. The van der Waals surface area contributed by atoms with Crippen molar-refractivity contribution < 1.29 is 18.3 Å². The molecule has 2 aliphatic rings. The lowest BCUT2D eigenvalue weighted by molar-refractivity contribution is -0.159. The number of esters is 1. The van der Waals surface area contributed by atoms with Crippen LogP contribution in [0.1, 0.15) is 25.7 Å². The molecule has 0 aromatic carbocycles. The van der Waals surface area contributed by atoms with Gasteiger partial charge in [0.15, 0.2) is 0 Å². The van der Waals surface area contributed by atoms with E-state index in [1.165, 1.54) is 0 Å². The number of halogens is 2. The summed E-state index contributed by atoms with van der Waals surface area (Å²) in [4.78, 5) is 13.0. The molecule has 0 amide bonds. The lowest BCUT2D eigenvalue weighted by Gasteiger charge is -2.35. The number of cyclic esters (lactones) is 1. The van der Waals surface area contributed by atoms with Gasteiger partial charge in [-0.05, 0) is 19.4 Å². The van der Waals surface area contributed by atoms with Gasteiger partial charge in [-0.2, -0.15) is 8.78 Å². The molecule has 2 rings (SSSR count). The van der Waals surface area contributed by atoms with Crippen LogP contribution in [0.2, 0.25) is 0 Å². The Labute approximate surface area is 99.1 Å². The molecule has 2 aliphatic heterocycles. The fourth-order valence-electron chi connectivity index (χ4n) is 2.58. The third-order valence-electron chi connectivity index (χ3n) is 3.52. The van der Waals surface area contributed by atoms with Crippen LogP contribution in [-0.4, -0.2) is 48.6 Å². The molecule has 0 aromatic heterocycles. The minimum Gasteiger partial charge on any atom is -0.456 e. The average molecular weight is 248 g/mol. The highest BCUT2D eigenvalue weighted by Gasteiger charge is 2.51. The van der Waals surface area contributed by atoms with Crippen molar-refractivity contribution in [2.45, 2.75) is 43.8 Å². The first kappa shape index (κ1) is 12.7. The molecule has 98 valence electrons. The molecular formula is C11H18F2N2O2. The Morgan fingerprint density at radius 1 is 1.47 bits per heavy atom. The van der Waals surface area contributed by atoms with Crippen molar-refractivity contribution in [2.75, 3.05) is 19.6 Å². The zero-order valence-corrected chi connectivity index (χ0v) is 9.70. The van der Waals surface area contributed by atoms with Crippen molar-refractivity contribution >= 4 is 5.97 Å². The monoisotopic (exact) mass is 248 g/mol. The third-order valence-corrected chi connectivity index (χ3v) is 3.52. The van der Waals surface area contributed by atoms with E-state index in [2.05, 4.69) is 4.90 Å². The Morgan fingerprint density at radius 3 is 2.82 bits per heavy atom. The maximum Gasteiger partial charge on any atom is 0.377 e. The first-order valence-electron chi connectivity index (χ1n) is 6.06. The second-order valence-electron chi connectivity index (χ2n) is 4.82. The second kappa shape index (κ2) is 4.86. The number of carbonyl (C=O) groups is 1. The van der Waals surface area contributed by atoms with Crippen LogP contribution in [0.3, 0.4) is 0 Å². The number of hydrogen-bond acceptors (Lipinski definition) is 4. The van der Waals surface area contributed by atoms with E-state index >= 15 is 0 Å². The van der Waals surface area contributed by atoms with Crippen LogP contribution < -0.4 is 5.73 Å². The minimum atomic E-state index is -3.31. The van der Waals surface area contributed by atoms with E-state index in [4.69, 9.17) is 10.5 Å². The van der Waals surface area contributed by atoms with E-state index < -0.39 is 24.4 Å². The van der Waals surface area contributed by atoms with Gasteiger partial charge in [0, 0.05) is 19.1 Å². The first-order valence-corrected chi connectivity index (χ1v) is 6.06. The van der Waals surface area contributed by atoms with Gasteiger partial charge in [-0.3, -0.25) is 4.90 Å². The number of rotatable bonds is 3.